The van der Waals surface area contributed by atoms with E-state index >= 15 is 0 Å². The number of carboxylic acids is 1. The Kier molecular flexibility index (Phi) is 3.78. The van der Waals surface area contributed by atoms with Crippen LogP contribution >= 0.6 is 0 Å². The molecule has 0 aliphatic rings. The van der Waals surface area contributed by atoms with Gasteiger partial charge in [-0.05, 0) is 0 Å². The first-order valence-corrected chi connectivity index (χ1v) is 4.37. The van der Waals surface area contributed by atoms with Crippen molar-refractivity contribution in [3.63, 3.8) is 0 Å². The first kappa shape index (κ1) is 11.9. The normalized spacial score (nSPS) is 12.1. The van der Waals surface area contributed by atoms with E-state index in [9.17, 15) is 9.59 Å². The number of amides is 1. The van der Waals surface area contributed by atoms with Gasteiger partial charge in [0.05, 0.1) is 0 Å². The number of nitrogen functional groups attached to an aromatic ring is 1. The minimum atomic E-state index is -1.24. The van der Waals surface area contributed by atoms with Crippen molar-refractivity contribution in [1.29, 1.82) is 0 Å². The third-order valence-electron chi connectivity index (χ3n) is 1.74. The van der Waals surface area contributed by atoms with Gasteiger partial charge in [-0.2, -0.15) is 4.98 Å². The molecular weight excluding hydrogens is 218 g/mol. The van der Waals surface area contributed by atoms with Gasteiger partial charge in [0.25, 0.3) is 5.91 Å². The molecule has 0 aliphatic heterocycles. The van der Waals surface area contributed by atoms with Crippen molar-refractivity contribution in [2.75, 3.05) is 12.3 Å². The largest absolute Gasteiger partial charge is 0.480 e. The van der Waals surface area contributed by atoms with E-state index < -0.39 is 17.9 Å². The highest BCUT2D eigenvalue weighted by molar-refractivity contribution is 5.93. The molecule has 16 heavy (non-hydrogen) atoms. The quantitative estimate of drug-likeness (QED) is 0.389. The summed E-state index contributed by atoms with van der Waals surface area (Å²) in [6.07, 6.45) is -0.0926. The molecule has 9 heteroatoms. The summed E-state index contributed by atoms with van der Waals surface area (Å²) in [5, 5.41) is 25.1. The molecular formula is C7H11N5O4. The Hall–Kier alpha value is -2.16. The van der Waals surface area contributed by atoms with E-state index in [1.54, 1.807) is 0 Å². The number of aromatic amines is 1. The summed E-state index contributed by atoms with van der Waals surface area (Å²) >= 11 is 0. The van der Waals surface area contributed by atoms with Crippen LogP contribution in [0.1, 0.15) is 17.0 Å². The van der Waals surface area contributed by atoms with Crippen molar-refractivity contribution in [2.24, 2.45) is 0 Å². The van der Waals surface area contributed by atoms with Crippen LogP contribution in [0.25, 0.3) is 0 Å². The van der Waals surface area contributed by atoms with Crippen LogP contribution in [0.2, 0.25) is 0 Å². The Morgan fingerprint density at radius 3 is 2.69 bits per heavy atom. The Labute approximate surface area is 89.7 Å². The van der Waals surface area contributed by atoms with Gasteiger partial charge in [-0.25, -0.2) is 4.79 Å². The maximum Gasteiger partial charge on any atom is 0.326 e. The molecule has 0 aromatic carbocycles. The first-order valence-electron chi connectivity index (χ1n) is 4.37. The van der Waals surface area contributed by atoms with E-state index in [1.165, 1.54) is 0 Å². The number of hydrogen-bond donors (Lipinski definition) is 5. The molecule has 1 atom stereocenters. The van der Waals surface area contributed by atoms with Gasteiger partial charge in [-0.3, -0.25) is 9.89 Å². The van der Waals surface area contributed by atoms with E-state index in [-0.39, 0.29) is 24.8 Å². The smallest absolute Gasteiger partial charge is 0.326 e. The van der Waals surface area contributed by atoms with Crippen LogP contribution < -0.4 is 11.1 Å². The molecule has 0 saturated heterocycles. The summed E-state index contributed by atoms with van der Waals surface area (Å²) < 4.78 is 0. The molecule has 0 fully saturated rings. The van der Waals surface area contributed by atoms with Crippen molar-refractivity contribution in [3.8, 4) is 0 Å². The van der Waals surface area contributed by atoms with Crippen LogP contribution in [0.5, 0.6) is 0 Å². The van der Waals surface area contributed by atoms with E-state index in [2.05, 4.69) is 20.5 Å². The monoisotopic (exact) mass is 229 g/mol. The zero-order valence-corrected chi connectivity index (χ0v) is 8.17. The number of aliphatic hydroxyl groups excluding tert-OH is 1. The molecule has 0 unspecified atom stereocenters. The number of aliphatic carboxylic acids is 1. The average Bonchev–Trinajstić information content (AvgIpc) is 2.64. The van der Waals surface area contributed by atoms with Crippen molar-refractivity contribution >= 4 is 17.8 Å². The van der Waals surface area contributed by atoms with Crippen LogP contribution in [0, 0.1) is 0 Å². The molecule has 0 radical (unpaired) electrons. The molecule has 1 aromatic rings. The number of anilines is 1. The lowest BCUT2D eigenvalue weighted by Gasteiger charge is -2.11. The van der Waals surface area contributed by atoms with Gasteiger partial charge >= 0.3 is 5.97 Å². The summed E-state index contributed by atoms with van der Waals surface area (Å²) in [4.78, 5) is 25.6. The Balaban J connectivity index is 2.65. The highest BCUT2D eigenvalue weighted by Crippen LogP contribution is 1.96. The lowest BCUT2D eigenvalue weighted by atomic mass is 10.2. The van der Waals surface area contributed by atoms with Gasteiger partial charge in [0.15, 0.2) is 0 Å². The zero-order valence-electron chi connectivity index (χ0n) is 8.17. The molecule has 0 aliphatic carbocycles. The second-order valence-corrected chi connectivity index (χ2v) is 2.92. The Bertz CT molecular complexity index is 390. The third kappa shape index (κ3) is 2.92. The number of aliphatic hydroxyl groups is 1. The second kappa shape index (κ2) is 5.07. The van der Waals surface area contributed by atoms with Crippen LogP contribution in [0.3, 0.4) is 0 Å². The van der Waals surface area contributed by atoms with Gasteiger partial charge in [0.2, 0.25) is 11.8 Å². The van der Waals surface area contributed by atoms with Crippen LogP contribution in [0.15, 0.2) is 0 Å². The Morgan fingerprint density at radius 1 is 1.56 bits per heavy atom. The first-order chi connectivity index (χ1) is 7.54. The zero-order chi connectivity index (χ0) is 12.1. The predicted octanol–water partition coefficient (Wildman–Crippen LogP) is -2.05. The van der Waals surface area contributed by atoms with E-state index in [4.69, 9.17) is 15.9 Å². The summed E-state index contributed by atoms with van der Waals surface area (Å²) in [5.74, 6) is -2.28. The van der Waals surface area contributed by atoms with Gasteiger partial charge in [0, 0.05) is 13.0 Å². The maximum absolute atomic E-state index is 11.4. The van der Waals surface area contributed by atoms with Crippen LogP contribution in [-0.4, -0.2) is 49.9 Å². The number of aromatic nitrogens is 3. The van der Waals surface area contributed by atoms with Crippen molar-refractivity contribution < 1.29 is 19.8 Å². The van der Waals surface area contributed by atoms with Gasteiger partial charge < -0.3 is 21.3 Å². The number of nitrogens with zero attached hydrogens (tertiary/aromatic N) is 2. The number of nitrogens with two attached hydrogens (primary N) is 1. The van der Waals surface area contributed by atoms with Crippen molar-refractivity contribution in [3.05, 3.63) is 5.82 Å². The predicted molar refractivity (Wildman–Crippen MR) is 51.4 cm³/mol. The topological polar surface area (TPSA) is 154 Å². The fourth-order valence-corrected chi connectivity index (χ4v) is 0.989. The molecule has 0 bridgehead atoms. The average molecular weight is 229 g/mol. The molecule has 1 amide bonds. The molecule has 0 spiro atoms. The van der Waals surface area contributed by atoms with Gasteiger partial charge in [-0.15, -0.1) is 5.10 Å². The second-order valence-electron chi connectivity index (χ2n) is 2.92. The molecule has 9 nitrogen and oxygen atoms in total. The number of rotatable bonds is 5. The summed E-state index contributed by atoms with van der Waals surface area (Å²) in [6, 6.07) is -1.18. The van der Waals surface area contributed by atoms with Crippen molar-refractivity contribution in [2.45, 2.75) is 12.5 Å². The van der Waals surface area contributed by atoms with E-state index in [0.717, 1.165) is 0 Å². The molecule has 0 saturated carbocycles. The highest BCUT2D eigenvalue weighted by atomic mass is 16.4. The summed E-state index contributed by atoms with van der Waals surface area (Å²) in [6.45, 7) is -0.351. The number of H-pyrrole nitrogens is 1. The minimum absolute atomic E-state index is 0.0926. The molecule has 88 valence electrons. The number of carboxylic acid groups (broad SMARTS) is 1. The SMILES string of the molecule is Nc1n[nH]c(C(=O)N[C@@H](CCO)C(=O)O)n1. The highest BCUT2D eigenvalue weighted by Gasteiger charge is 2.21. The van der Waals surface area contributed by atoms with Gasteiger partial charge in [0.1, 0.15) is 6.04 Å². The fraction of sp³-hybridized carbons (Fsp3) is 0.429. The Morgan fingerprint density at radius 2 is 2.25 bits per heavy atom. The standard InChI is InChI=1S/C7H11N5O4/c8-7-10-4(11-12-7)5(14)9-3(1-2-13)6(15)16/h3,13H,1-2H2,(H,9,14)(H,15,16)(H3,8,10,11,12)/t3-/m0/s1. The van der Waals surface area contributed by atoms with E-state index in [1.807, 2.05) is 0 Å². The van der Waals surface area contributed by atoms with Crippen LogP contribution in [-0.2, 0) is 4.79 Å². The molecule has 1 rings (SSSR count). The maximum atomic E-state index is 11.4. The number of nitrogens with one attached hydrogen (secondary N) is 2. The lowest BCUT2D eigenvalue weighted by Crippen LogP contribution is -2.41. The molecule has 6 N–H and O–H groups in total. The summed E-state index contributed by atoms with van der Waals surface area (Å²) in [5.41, 5.74) is 5.18. The number of hydrogen-bond acceptors (Lipinski definition) is 6. The third-order valence-corrected chi connectivity index (χ3v) is 1.74. The summed E-state index contributed by atoms with van der Waals surface area (Å²) in [7, 11) is 0. The number of carbonyl (C=O) groups excluding carboxylic acids is 1. The van der Waals surface area contributed by atoms with E-state index in [0.29, 0.717) is 0 Å². The van der Waals surface area contributed by atoms with Crippen LogP contribution in [0.4, 0.5) is 5.95 Å². The minimum Gasteiger partial charge on any atom is -0.480 e. The van der Waals surface area contributed by atoms with Gasteiger partial charge in [-0.1, -0.05) is 0 Å². The fourth-order valence-electron chi connectivity index (χ4n) is 0.989. The van der Waals surface area contributed by atoms with Crippen molar-refractivity contribution in [1.82, 2.24) is 20.5 Å². The number of carbonyl (C=O) groups is 2. The molecule has 1 aromatic heterocycles. The molecule has 1 heterocycles. The lowest BCUT2D eigenvalue weighted by molar-refractivity contribution is -0.139.